The maximum Gasteiger partial charge on any atom is 0.407 e. The second-order valence-electron chi connectivity index (χ2n) is 6.43. The Hall–Kier alpha value is -2.92. The number of hydrogen-bond acceptors (Lipinski definition) is 9. The van der Waals surface area contributed by atoms with Crippen LogP contribution in [0.1, 0.15) is 20.8 Å². The van der Waals surface area contributed by atoms with Crippen LogP contribution in [-0.2, 0) is 33.3 Å². The van der Waals surface area contributed by atoms with Crippen LogP contribution in [0.3, 0.4) is 0 Å². The van der Waals surface area contributed by atoms with Crippen molar-refractivity contribution in [1.29, 1.82) is 0 Å². The molecule has 0 aromatic rings. The third kappa shape index (κ3) is 16.6. The zero-order valence-corrected chi connectivity index (χ0v) is 18.3. The van der Waals surface area contributed by atoms with Crippen molar-refractivity contribution < 1.29 is 42.9 Å². The summed E-state index contributed by atoms with van der Waals surface area (Å²) >= 11 is 0. The van der Waals surface area contributed by atoms with E-state index in [4.69, 9.17) is 23.7 Å². The number of Topliss-reactive ketones (excluding diaryl/α,β-unsaturated/α-hetero) is 1. The summed E-state index contributed by atoms with van der Waals surface area (Å²) in [6, 6.07) is 0. The molecule has 11 heteroatoms. The summed E-state index contributed by atoms with van der Waals surface area (Å²) in [6.45, 7) is 12.4. The van der Waals surface area contributed by atoms with Gasteiger partial charge in [0.15, 0.2) is 5.78 Å². The third-order valence-corrected chi connectivity index (χ3v) is 3.35. The van der Waals surface area contributed by atoms with Crippen LogP contribution in [0.4, 0.5) is 9.59 Å². The topological polar surface area (TPSA) is 138 Å². The molecule has 0 aromatic carbocycles. The Morgan fingerprint density at radius 2 is 1.42 bits per heavy atom. The lowest BCUT2D eigenvalue weighted by atomic mass is 10.2. The molecule has 0 rings (SSSR count). The highest BCUT2D eigenvalue weighted by Crippen LogP contribution is 1.94. The first-order valence-electron chi connectivity index (χ1n) is 9.65. The second-order valence-corrected chi connectivity index (χ2v) is 6.43. The molecule has 0 radical (unpaired) electrons. The number of alkyl carbamates (subject to hydrolysis) is 2. The van der Waals surface area contributed by atoms with Gasteiger partial charge in [-0.2, -0.15) is 0 Å². The summed E-state index contributed by atoms with van der Waals surface area (Å²) in [4.78, 5) is 45.2. The molecule has 0 aliphatic heterocycles. The zero-order valence-electron chi connectivity index (χ0n) is 18.3. The lowest BCUT2D eigenvalue weighted by molar-refractivity contribution is -0.138. The van der Waals surface area contributed by atoms with E-state index in [1.165, 1.54) is 6.92 Å². The number of esters is 1. The Labute approximate surface area is 182 Å². The van der Waals surface area contributed by atoms with Crippen molar-refractivity contribution >= 4 is 23.9 Å². The van der Waals surface area contributed by atoms with Crippen LogP contribution in [0, 0.1) is 0 Å². The van der Waals surface area contributed by atoms with Crippen LogP contribution >= 0.6 is 0 Å². The van der Waals surface area contributed by atoms with Crippen LogP contribution in [0.5, 0.6) is 0 Å². The number of amides is 2. The van der Waals surface area contributed by atoms with Gasteiger partial charge in [0.05, 0.1) is 39.0 Å². The van der Waals surface area contributed by atoms with Crippen molar-refractivity contribution in [2.75, 3.05) is 52.7 Å². The number of ketones is 1. The Morgan fingerprint density at radius 3 is 2.03 bits per heavy atom. The lowest BCUT2D eigenvalue weighted by Crippen LogP contribution is -2.31. The predicted octanol–water partition coefficient (Wildman–Crippen LogP) is 1.13. The van der Waals surface area contributed by atoms with Crippen LogP contribution in [0.15, 0.2) is 24.3 Å². The van der Waals surface area contributed by atoms with Crippen molar-refractivity contribution in [1.82, 2.24) is 10.6 Å². The minimum atomic E-state index is -0.716. The van der Waals surface area contributed by atoms with Gasteiger partial charge in [-0.3, -0.25) is 4.79 Å². The maximum atomic E-state index is 11.4. The fourth-order valence-electron chi connectivity index (χ4n) is 1.70. The number of carbonyl (C=O) groups excluding carboxylic acids is 4. The summed E-state index contributed by atoms with van der Waals surface area (Å²) < 4.78 is 25.3. The molecule has 0 heterocycles. The summed E-state index contributed by atoms with van der Waals surface area (Å²) in [5.41, 5.74) is 0.632. The second kappa shape index (κ2) is 16.8. The molecule has 1 atom stereocenters. The van der Waals surface area contributed by atoms with Crippen molar-refractivity contribution in [3.8, 4) is 0 Å². The molecule has 2 N–H and O–H groups in total. The minimum absolute atomic E-state index is 0.0163. The summed E-state index contributed by atoms with van der Waals surface area (Å²) in [5, 5.41) is 4.73. The van der Waals surface area contributed by atoms with Crippen molar-refractivity contribution in [3.63, 3.8) is 0 Å². The van der Waals surface area contributed by atoms with Crippen molar-refractivity contribution in [3.05, 3.63) is 24.3 Å². The average Bonchev–Trinajstić information content (AvgIpc) is 2.71. The van der Waals surface area contributed by atoms with Gasteiger partial charge in [0.25, 0.3) is 0 Å². The van der Waals surface area contributed by atoms with E-state index < -0.39 is 18.2 Å². The van der Waals surface area contributed by atoms with Gasteiger partial charge >= 0.3 is 18.2 Å². The molecule has 0 spiro atoms. The average molecular weight is 444 g/mol. The molecule has 2 amide bonds. The Bertz CT molecular complexity index is 634. The van der Waals surface area contributed by atoms with E-state index in [-0.39, 0.29) is 70.2 Å². The molecule has 0 fully saturated rings. The van der Waals surface area contributed by atoms with Crippen molar-refractivity contribution in [2.24, 2.45) is 0 Å². The Kier molecular flexibility index (Phi) is 15.2. The standard InChI is InChI=1S/C20H32N2O9/c1-14(2)17(23)12-22-20(26)31-11-10-28-16(5)13-27-8-9-30-19(25)21-6-7-29-18(24)15(3)4/h16H,1,3,6-13H2,2,4-5H3,(H,21,25)(H,22,26). The van der Waals surface area contributed by atoms with Gasteiger partial charge in [0.2, 0.25) is 0 Å². The third-order valence-electron chi connectivity index (χ3n) is 3.35. The first-order chi connectivity index (χ1) is 14.6. The van der Waals surface area contributed by atoms with Gasteiger partial charge in [-0.25, -0.2) is 14.4 Å². The van der Waals surface area contributed by atoms with Gasteiger partial charge in [0.1, 0.15) is 19.8 Å². The summed E-state index contributed by atoms with van der Waals surface area (Å²) in [5.74, 6) is -0.797. The molecule has 0 aliphatic carbocycles. The van der Waals surface area contributed by atoms with E-state index >= 15 is 0 Å². The zero-order chi connectivity index (χ0) is 23.6. The fraction of sp³-hybridized carbons (Fsp3) is 0.600. The molecule has 0 aromatic heterocycles. The molecule has 0 bridgehead atoms. The van der Waals surface area contributed by atoms with Gasteiger partial charge in [-0.05, 0) is 26.3 Å². The molecule has 11 nitrogen and oxygen atoms in total. The first-order valence-corrected chi connectivity index (χ1v) is 9.65. The number of ether oxygens (including phenoxy) is 5. The smallest absolute Gasteiger partial charge is 0.407 e. The maximum absolute atomic E-state index is 11.4. The van der Waals surface area contributed by atoms with E-state index in [2.05, 4.69) is 23.8 Å². The molecule has 0 aliphatic rings. The van der Waals surface area contributed by atoms with E-state index in [0.29, 0.717) is 5.57 Å². The highest BCUT2D eigenvalue weighted by Gasteiger charge is 2.08. The molecule has 1 unspecified atom stereocenters. The first kappa shape index (κ1) is 28.1. The molecule has 0 saturated carbocycles. The van der Waals surface area contributed by atoms with Gasteiger partial charge in [-0.15, -0.1) is 0 Å². The summed E-state index contributed by atoms with van der Waals surface area (Å²) in [7, 11) is 0. The highest BCUT2D eigenvalue weighted by atomic mass is 16.6. The summed E-state index contributed by atoms with van der Waals surface area (Å²) in [6.07, 6.45) is -1.64. The number of rotatable bonds is 16. The number of carbonyl (C=O) groups is 4. The molecular weight excluding hydrogens is 412 g/mol. The molecular formula is C20H32N2O9. The molecule has 31 heavy (non-hydrogen) atoms. The van der Waals surface area contributed by atoms with Crippen LogP contribution < -0.4 is 10.6 Å². The number of hydrogen-bond donors (Lipinski definition) is 2. The van der Waals surface area contributed by atoms with E-state index in [9.17, 15) is 19.2 Å². The lowest BCUT2D eigenvalue weighted by Gasteiger charge is -2.14. The Balaban J connectivity index is 3.58. The van der Waals surface area contributed by atoms with Crippen LogP contribution in [0.2, 0.25) is 0 Å². The van der Waals surface area contributed by atoms with Crippen LogP contribution in [0.25, 0.3) is 0 Å². The SMILES string of the molecule is C=C(C)C(=O)CNC(=O)OCCOC(C)COCCOC(=O)NCCOC(=O)C(=C)C. The van der Waals surface area contributed by atoms with E-state index in [1.54, 1.807) is 13.8 Å². The van der Waals surface area contributed by atoms with Gasteiger partial charge in [0, 0.05) is 5.57 Å². The fourth-order valence-corrected chi connectivity index (χ4v) is 1.70. The Morgan fingerprint density at radius 1 is 0.806 bits per heavy atom. The number of nitrogens with one attached hydrogen (secondary N) is 2. The monoisotopic (exact) mass is 444 g/mol. The quantitative estimate of drug-likeness (QED) is 0.155. The minimum Gasteiger partial charge on any atom is -0.460 e. The molecule has 176 valence electrons. The van der Waals surface area contributed by atoms with Gasteiger partial charge in [-0.1, -0.05) is 13.2 Å². The molecule has 0 saturated heterocycles. The highest BCUT2D eigenvalue weighted by molar-refractivity contribution is 5.97. The normalized spacial score (nSPS) is 11.1. The van der Waals surface area contributed by atoms with E-state index in [1.807, 2.05) is 0 Å². The van der Waals surface area contributed by atoms with Crippen LogP contribution in [-0.4, -0.2) is 82.8 Å². The van der Waals surface area contributed by atoms with Gasteiger partial charge < -0.3 is 34.3 Å². The van der Waals surface area contributed by atoms with Crippen molar-refractivity contribution in [2.45, 2.75) is 26.9 Å². The van der Waals surface area contributed by atoms with E-state index in [0.717, 1.165) is 0 Å². The largest absolute Gasteiger partial charge is 0.460 e. The predicted molar refractivity (Wildman–Crippen MR) is 111 cm³/mol.